The minimum atomic E-state index is -0.372. The van der Waals surface area contributed by atoms with E-state index in [4.69, 9.17) is 4.74 Å². The van der Waals surface area contributed by atoms with Gasteiger partial charge in [0.15, 0.2) is 0 Å². The summed E-state index contributed by atoms with van der Waals surface area (Å²) in [5.74, 6) is -0.372. The smallest absolute Gasteiger partial charge is 0.150 e. The minimum Gasteiger partial charge on any atom is -0.375 e. The van der Waals surface area contributed by atoms with Gasteiger partial charge in [-0.15, -0.1) is 0 Å². The molecule has 1 heterocycles. The molecular formula is C14H18FNO2. The van der Waals surface area contributed by atoms with Crippen LogP contribution in [0, 0.1) is 5.82 Å². The van der Waals surface area contributed by atoms with Gasteiger partial charge in [0.2, 0.25) is 0 Å². The zero-order chi connectivity index (χ0) is 13.1. The third kappa shape index (κ3) is 2.70. The Morgan fingerprint density at radius 2 is 2.28 bits per heavy atom. The number of anilines is 1. The number of aldehydes is 1. The summed E-state index contributed by atoms with van der Waals surface area (Å²) < 4.78 is 19.1. The summed E-state index contributed by atoms with van der Waals surface area (Å²) in [6.07, 6.45) is 1.73. The first-order valence-corrected chi connectivity index (χ1v) is 6.28. The monoisotopic (exact) mass is 251 g/mol. The molecule has 1 aromatic carbocycles. The van der Waals surface area contributed by atoms with Crippen molar-refractivity contribution in [3.8, 4) is 0 Å². The zero-order valence-electron chi connectivity index (χ0n) is 10.7. The number of halogens is 1. The molecule has 0 radical (unpaired) electrons. The molecule has 0 N–H and O–H groups in total. The molecule has 1 aliphatic rings. The fourth-order valence-corrected chi connectivity index (χ4v) is 2.33. The molecule has 0 bridgehead atoms. The number of hydrogen-bond acceptors (Lipinski definition) is 3. The van der Waals surface area contributed by atoms with E-state index in [0.29, 0.717) is 18.5 Å². The van der Waals surface area contributed by atoms with E-state index >= 15 is 0 Å². The molecule has 1 aromatic rings. The maximum atomic E-state index is 13.5. The van der Waals surface area contributed by atoms with E-state index in [9.17, 15) is 9.18 Å². The summed E-state index contributed by atoms with van der Waals surface area (Å²) in [4.78, 5) is 12.9. The Kier molecular flexibility index (Phi) is 3.97. The molecule has 0 spiro atoms. The Morgan fingerprint density at radius 1 is 1.50 bits per heavy atom. The van der Waals surface area contributed by atoms with Crippen LogP contribution in [0.25, 0.3) is 0 Å². The van der Waals surface area contributed by atoms with Crippen molar-refractivity contribution in [3.63, 3.8) is 0 Å². The summed E-state index contributed by atoms with van der Waals surface area (Å²) in [6.45, 7) is 5.45. The summed E-state index contributed by atoms with van der Waals surface area (Å²) in [7, 11) is 0. The predicted molar refractivity (Wildman–Crippen MR) is 68.6 cm³/mol. The van der Waals surface area contributed by atoms with Crippen molar-refractivity contribution in [2.45, 2.75) is 32.4 Å². The van der Waals surface area contributed by atoms with Crippen LogP contribution in [0.5, 0.6) is 0 Å². The lowest BCUT2D eigenvalue weighted by atomic mass is 10.1. The van der Waals surface area contributed by atoms with Gasteiger partial charge in [-0.1, -0.05) is 6.92 Å². The Bertz CT molecular complexity index is 436. The van der Waals surface area contributed by atoms with Crippen LogP contribution >= 0.6 is 0 Å². The predicted octanol–water partition coefficient (Wildman–Crippen LogP) is 2.64. The normalized spacial score (nSPS) is 24.1. The van der Waals surface area contributed by atoms with E-state index in [1.165, 1.54) is 12.1 Å². The maximum Gasteiger partial charge on any atom is 0.150 e. The van der Waals surface area contributed by atoms with Crippen molar-refractivity contribution in [2.75, 3.05) is 18.1 Å². The van der Waals surface area contributed by atoms with E-state index < -0.39 is 0 Å². The number of hydrogen-bond donors (Lipinski definition) is 0. The average Bonchev–Trinajstić information content (AvgIpc) is 2.38. The van der Waals surface area contributed by atoms with Crippen molar-refractivity contribution in [2.24, 2.45) is 0 Å². The van der Waals surface area contributed by atoms with Gasteiger partial charge in [-0.05, 0) is 31.5 Å². The van der Waals surface area contributed by atoms with Gasteiger partial charge in [-0.3, -0.25) is 4.79 Å². The molecular weight excluding hydrogens is 233 g/mol. The molecule has 0 aromatic heterocycles. The highest BCUT2D eigenvalue weighted by Crippen LogP contribution is 2.25. The zero-order valence-corrected chi connectivity index (χ0v) is 10.7. The molecule has 1 saturated heterocycles. The largest absolute Gasteiger partial charge is 0.375 e. The van der Waals surface area contributed by atoms with Crippen molar-refractivity contribution in [1.29, 1.82) is 0 Å². The molecule has 0 saturated carbocycles. The molecule has 2 unspecified atom stereocenters. The molecule has 2 rings (SSSR count). The molecule has 1 fully saturated rings. The average molecular weight is 251 g/mol. The molecule has 1 aliphatic heterocycles. The molecule has 0 amide bonds. The first-order chi connectivity index (χ1) is 8.63. The highest BCUT2D eigenvalue weighted by Gasteiger charge is 2.26. The van der Waals surface area contributed by atoms with Crippen molar-refractivity contribution < 1.29 is 13.9 Å². The van der Waals surface area contributed by atoms with E-state index in [1.54, 1.807) is 6.07 Å². The van der Waals surface area contributed by atoms with E-state index in [0.717, 1.165) is 18.7 Å². The standard InChI is InChI=1S/C14H18FNO2/c1-3-13-9-18-10(2)7-16(13)14-5-11(8-17)4-12(15)6-14/h4-6,8,10,13H,3,7,9H2,1-2H3. The highest BCUT2D eigenvalue weighted by atomic mass is 19.1. The van der Waals surface area contributed by atoms with Crippen molar-refractivity contribution in [3.05, 3.63) is 29.6 Å². The third-order valence-electron chi connectivity index (χ3n) is 3.31. The molecule has 18 heavy (non-hydrogen) atoms. The molecule has 2 atom stereocenters. The van der Waals surface area contributed by atoms with Gasteiger partial charge in [-0.25, -0.2) is 4.39 Å². The van der Waals surface area contributed by atoms with Gasteiger partial charge < -0.3 is 9.64 Å². The number of rotatable bonds is 3. The van der Waals surface area contributed by atoms with Gasteiger partial charge in [0.05, 0.1) is 18.8 Å². The lowest BCUT2D eigenvalue weighted by Crippen LogP contribution is -2.48. The molecule has 4 heteroatoms. The SMILES string of the molecule is CCC1COC(C)CN1c1cc(F)cc(C=O)c1. The summed E-state index contributed by atoms with van der Waals surface area (Å²) in [5, 5.41) is 0. The first kappa shape index (κ1) is 13.0. The number of ether oxygens (including phenoxy) is 1. The van der Waals surface area contributed by atoms with Crippen LogP contribution in [0.4, 0.5) is 10.1 Å². The van der Waals surface area contributed by atoms with Crippen LogP contribution in [0.15, 0.2) is 18.2 Å². The van der Waals surface area contributed by atoms with Crippen molar-refractivity contribution >= 4 is 12.0 Å². The highest BCUT2D eigenvalue weighted by molar-refractivity contribution is 5.77. The van der Waals surface area contributed by atoms with Gasteiger partial charge in [0, 0.05) is 17.8 Å². The van der Waals surface area contributed by atoms with Gasteiger partial charge in [0.25, 0.3) is 0 Å². The van der Waals surface area contributed by atoms with Gasteiger partial charge in [-0.2, -0.15) is 0 Å². The second-order valence-corrected chi connectivity index (χ2v) is 4.72. The number of nitrogens with zero attached hydrogens (tertiary/aromatic N) is 1. The van der Waals surface area contributed by atoms with Crippen LogP contribution in [0.1, 0.15) is 30.6 Å². The summed E-state index contributed by atoms with van der Waals surface area (Å²) in [5.41, 5.74) is 1.14. The molecule has 98 valence electrons. The minimum absolute atomic E-state index is 0.121. The Morgan fingerprint density at radius 3 is 2.94 bits per heavy atom. The van der Waals surface area contributed by atoms with Crippen LogP contribution in [0.2, 0.25) is 0 Å². The fraction of sp³-hybridized carbons (Fsp3) is 0.500. The number of benzene rings is 1. The molecule has 0 aliphatic carbocycles. The summed E-state index contributed by atoms with van der Waals surface area (Å²) in [6, 6.07) is 4.70. The Balaban J connectivity index is 2.32. The maximum absolute atomic E-state index is 13.5. The van der Waals surface area contributed by atoms with Crippen LogP contribution in [0.3, 0.4) is 0 Å². The van der Waals surface area contributed by atoms with E-state index in [1.807, 2.05) is 6.92 Å². The lowest BCUT2D eigenvalue weighted by molar-refractivity contribution is 0.0299. The van der Waals surface area contributed by atoms with Gasteiger partial charge in [0.1, 0.15) is 12.1 Å². The quantitative estimate of drug-likeness (QED) is 0.773. The Labute approximate surface area is 107 Å². The second kappa shape index (κ2) is 5.48. The van der Waals surface area contributed by atoms with Crippen LogP contribution in [-0.4, -0.2) is 31.6 Å². The van der Waals surface area contributed by atoms with Crippen molar-refractivity contribution in [1.82, 2.24) is 0 Å². The first-order valence-electron chi connectivity index (χ1n) is 6.28. The van der Waals surface area contributed by atoms with Crippen LogP contribution < -0.4 is 4.90 Å². The van der Waals surface area contributed by atoms with E-state index in [-0.39, 0.29) is 18.0 Å². The van der Waals surface area contributed by atoms with E-state index in [2.05, 4.69) is 11.8 Å². The summed E-state index contributed by atoms with van der Waals surface area (Å²) >= 11 is 0. The number of carbonyl (C=O) groups is 1. The number of morpholine rings is 1. The topological polar surface area (TPSA) is 29.5 Å². The van der Waals surface area contributed by atoms with Gasteiger partial charge >= 0.3 is 0 Å². The third-order valence-corrected chi connectivity index (χ3v) is 3.31. The fourth-order valence-electron chi connectivity index (χ4n) is 2.33. The molecule has 3 nitrogen and oxygen atoms in total. The lowest BCUT2D eigenvalue weighted by Gasteiger charge is -2.40. The number of carbonyl (C=O) groups excluding carboxylic acids is 1. The Hall–Kier alpha value is -1.42. The second-order valence-electron chi connectivity index (χ2n) is 4.72. The van der Waals surface area contributed by atoms with Crippen LogP contribution in [-0.2, 0) is 4.74 Å².